The van der Waals surface area contributed by atoms with E-state index in [1.165, 1.54) is 4.90 Å². The van der Waals surface area contributed by atoms with Gasteiger partial charge in [0.1, 0.15) is 13.1 Å². The first-order valence-corrected chi connectivity index (χ1v) is 6.19. The Morgan fingerprint density at radius 3 is 2.30 bits per heavy atom. The fraction of sp³-hybridized carbons (Fsp3) is 0.615. The number of rotatable bonds is 7. The molecule has 0 atom stereocenters. The van der Waals surface area contributed by atoms with Gasteiger partial charge in [0.05, 0.1) is 13.2 Å². The van der Waals surface area contributed by atoms with Crippen LogP contribution in [0, 0.1) is 12.3 Å². The van der Waals surface area contributed by atoms with E-state index in [-0.39, 0.29) is 25.7 Å². The minimum Gasteiger partial charge on any atom is -0.480 e. The Bertz CT molecular complexity index is 400. The van der Waals surface area contributed by atoms with Crippen molar-refractivity contribution in [2.24, 2.45) is 0 Å². The van der Waals surface area contributed by atoms with Crippen LogP contribution in [0.1, 0.15) is 20.8 Å². The van der Waals surface area contributed by atoms with Gasteiger partial charge in [0.25, 0.3) is 0 Å². The second-order valence-electron chi connectivity index (χ2n) is 4.26. The highest BCUT2D eigenvalue weighted by atomic mass is 16.5. The van der Waals surface area contributed by atoms with Crippen LogP contribution in [0.5, 0.6) is 0 Å². The number of amides is 2. The Morgan fingerprint density at radius 2 is 1.90 bits per heavy atom. The van der Waals surface area contributed by atoms with E-state index in [0.29, 0.717) is 0 Å². The highest BCUT2D eigenvalue weighted by Crippen LogP contribution is 2.05. The first-order chi connectivity index (χ1) is 9.33. The molecule has 20 heavy (non-hydrogen) atoms. The Balaban J connectivity index is 4.95. The van der Waals surface area contributed by atoms with Crippen molar-refractivity contribution >= 4 is 18.0 Å². The molecule has 0 aromatic carbocycles. The molecule has 2 amide bonds. The van der Waals surface area contributed by atoms with Crippen LogP contribution in [0.3, 0.4) is 0 Å². The van der Waals surface area contributed by atoms with E-state index in [1.54, 1.807) is 20.8 Å². The summed E-state index contributed by atoms with van der Waals surface area (Å²) in [7, 11) is 0. The molecule has 1 N–H and O–H groups in total. The van der Waals surface area contributed by atoms with Gasteiger partial charge in [0, 0.05) is 6.04 Å². The number of aliphatic carboxylic acids is 1. The summed E-state index contributed by atoms with van der Waals surface area (Å²) in [6.07, 6.45) is 5.12. The Morgan fingerprint density at radius 1 is 1.30 bits per heavy atom. The average molecular weight is 284 g/mol. The van der Waals surface area contributed by atoms with Crippen molar-refractivity contribution < 1.29 is 24.2 Å². The predicted molar refractivity (Wildman–Crippen MR) is 71.9 cm³/mol. The van der Waals surface area contributed by atoms with Crippen molar-refractivity contribution in [1.29, 1.82) is 0 Å². The SMILES string of the molecule is C#CCN(CC(=O)O)C(=O)N(CC(=O)OCC)C(C)C. The largest absolute Gasteiger partial charge is 0.480 e. The van der Waals surface area contributed by atoms with Crippen molar-refractivity contribution in [3.05, 3.63) is 0 Å². The molecule has 0 saturated heterocycles. The molecule has 0 rings (SSSR count). The van der Waals surface area contributed by atoms with E-state index in [0.717, 1.165) is 4.90 Å². The van der Waals surface area contributed by atoms with Crippen LogP contribution >= 0.6 is 0 Å². The van der Waals surface area contributed by atoms with Crippen molar-refractivity contribution in [2.45, 2.75) is 26.8 Å². The molecule has 0 heterocycles. The Hall–Kier alpha value is -2.23. The van der Waals surface area contributed by atoms with Gasteiger partial charge in [0.2, 0.25) is 0 Å². The minimum atomic E-state index is -1.17. The van der Waals surface area contributed by atoms with E-state index < -0.39 is 24.5 Å². The lowest BCUT2D eigenvalue weighted by molar-refractivity contribution is -0.144. The molecule has 0 aliphatic heterocycles. The molecular formula is C13H20N2O5. The summed E-state index contributed by atoms with van der Waals surface area (Å²) in [6, 6.07) is -0.894. The number of ether oxygens (including phenoxy) is 1. The molecule has 0 aliphatic carbocycles. The van der Waals surface area contributed by atoms with E-state index in [4.69, 9.17) is 16.3 Å². The highest BCUT2D eigenvalue weighted by molar-refractivity contribution is 5.84. The number of hydrogen-bond donors (Lipinski definition) is 1. The van der Waals surface area contributed by atoms with Gasteiger partial charge in [-0.3, -0.25) is 9.59 Å². The number of carbonyl (C=O) groups excluding carboxylic acids is 2. The molecule has 112 valence electrons. The minimum absolute atomic E-state index is 0.142. The second-order valence-corrected chi connectivity index (χ2v) is 4.26. The van der Waals surface area contributed by atoms with Crippen molar-refractivity contribution in [3.63, 3.8) is 0 Å². The van der Waals surface area contributed by atoms with Crippen molar-refractivity contribution in [3.8, 4) is 12.3 Å². The molecule has 0 radical (unpaired) electrons. The number of carbonyl (C=O) groups is 3. The second kappa shape index (κ2) is 8.80. The molecule has 0 unspecified atom stereocenters. The number of carboxylic acids is 1. The fourth-order valence-corrected chi connectivity index (χ4v) is 1.46. The lowest BCUT2D eigenvalue weighted by atomic mass is 10.3. The smallest absolute Gasteiger partial charge is 0.325 e. The molecule has 7 nitrogen and oxygen atoms in total. The Kier molecular flexibility index (Phi) is 7.82. The van der Waals surface area contributed by atoms with Crippen LogP contribution in [0.15, 0.2) is 0 Å². The third kappa shape index (κ3) is 6.09. The van der Waals surface area contributed by atoms with Gasteiger partial charge in [-0.25, -0.2) is 4.79 Å². The number of urea groups is 1. The van der Waals surface area contributed by atoms with Crippen LogP contribution in [0.25, 0.3) is 0 Å². The van der Waals surface area contributed by atoms with E-state index >= 15 is 0 Å². The molecule has 0 saturated carbocycles. The van der Waals surface area contributed by atoms with Crippen LogP contribution in [0.2, 0.25) is 0 Å². The van der Waals surface area contributed by atoms with Gasteiger partial charge >= 0.3 is 18.0 Å². The summed E-state index contributed by atoms with van der Waals surface area (Å²) >= 11 is 0. The van der Waals surface area contributed by atoms with Crippen LogP contribution < -0.4 is 0 Å². The lowest BCUT2D eigenvalue weighted by Gasteiger charge is -2.30. The van der Waals surface area contributed by atoms with Gasteiger partial charge in [-0.15, -0.1) is 6.42 Å². The summed E-state index contributed by atoms with van der Waals surface area (Å²) in [5.74, 6) is 0.502. The maximum atomic E-state index is 12.2. The molecule has 0 aliphatic rings. The lowest BCUT2D eigenvalue weighted by Crippen LogP contribution is -2.50. The number of terminal acetylenes is 1. The molecule has 0 spiro atoms. The first-order valence-electron chi connectivity index (χ1n) is 6.19. The summed E-state index contributed by atoms with van der Waals surface area (Å²) in [5.41, 5.74) is 0. The summed E-state index contributed by atoms with van der Waals surface area (Å²) in [4.78, 5) is 36.7. The van der Waals surface area contributed by atoms with Gasteiger partial charge < -0.3 is 19.6 Å². The van der Waals surface area contributed by atoms with Gasteiger partial charge in [-0.2, -0.15) is 0 Å². The third-order valence-corrected chi connectivity index (χ3v) is 2.35. The molecule has 0 bridgehead atoms. The molecular weight excluding hydrogens is 264 g/mol. The van der Waals surface area contributed by atoms with Gasteiger partial charge in [-0.1, -0.05) is 5.92 Å². The van der Waals surface area contributed by atoms with E-state index in [1.807, 2.05) is 0 Å². The van der Waals surface area contributed by atoms with Crippen molar-refractivity contribution in [2.75, 3.05) is 26.2 Å². The zero-order valence-corrected chi connectivity index (χ0v) is 12.0. The maximum absolute atomic E-state index is 12.2. The summed E-state index contributed by atoms with van der Waals surface area (Å²) < 4.78 is 4.79. The topological polar surface area (TPSA) is 87.2 Å². The molecule has 0 aromatic heterocycles. The maximum Gasteiger partial charge on any atom is 0.325 e. The molecule has 7 heteroatoms. The zero-order chi connectivity index (χ0) is 15.7. The fourth-order valence-electron chi connectivity index (χ4n) is 1.46. The number of nitrogens with zero attached hydrogens (tertiary/aromatic N) is 2. The molecule has 0 fully saturated rings. The summed E-state index contributed by atoms with van der Waals surface area (Å²) in [6.45, 7) is 4.39. The summed E-state index contributed by atoms with van der Waals surface area (Å²) in [5, 5.41) is 8.77. The van der Waals surface area contributed by atoms with Gasteiger partial charge in [-0.05, 0) is 20.8 Å². The third-order valence-electron chi connectivity index (χ3n) is 2.35. The first kappa shape index (κ1) is 17.8. The average Bonchev–Trinajstić information content (AvgIpc) is 2.34. The molecule has 0 aromatic rings. The van der Waals surface area contributed by atoms with Crippen LogP contribution in [0.4, 0.5) is 4.79 Å². The standard InChI is InChI=1S/C13H20N2O5/c1-5-7-14(8-11(16)17)13(19)15(10(3)4)9-12(18)20-6-2/h1,10H,6-9H2,2-4H3,(H,16,17). The monoisotopic (exact) mass is 284 g/mol. The number of esters is 1. The van der Waals surface area contributed by atoms with Crippen molar-refractivity contribution in [1.82, 2.24) is 9.80 Å². The van der Waals surface area contributed by atoms with E-state index in [9.17, 15) is 14.4 Å². The van der Waals surface area contributed by atoms with Gasteiger partial charge in [0.15, 0.2) is 0 Å². The zero-order valence-electron chi connectivity index (χ0n) is 12.0. The highest BCUT2D eigenvalue weighted by Gasteiger charge is 2.26. The predicted octanol–water partition coefficient (Wildman–Crippen LogP) is 0.400. The number of carboxylic acid groups (broad SMARTS) is 1. The number of hydrogen-bond acceptors (Lipinski definition) is 4. The Labute approximate surface area is 118 Å². The normalized spacial score (nSPS) is 9.75. The van der Waals surface area contributed by atoms with Crippen LogP contribution in [-0.2, 0) is 14.3 Å². The van der Waals surface area contributed by atoms with Crippen LogP contribution in [-0.4, -0.2) is 65.2 Å². The quantitative estimate of drug-likeness (QED) is 0.540. The van der Waals surface area contributed by atoms with E-state index in [2.05, 4.69) is 5.92 Å².